The van der Waals surface area contributed by atoms with Crippen LogP contribution in [0.4, 0.5) is 0 Å². The number of nitrogens with zero attached hydrogens (tertiary/aromatic N) is 1. The fraction of sp³-hybridized carbons (Fsp3) is 0.500. The average Bonchev–Trinajstić information content (AvgIpc) is 2.54. The second-order valence-corrected chi connectivity index (χ2v) is 3.03. The Morgan fingerprint density at radius 3 is 3.00 bits per heavy atom. The third kappa shape index (κ3) is 2.70. The van der Waals surface area contributed by atoms with Crippen molar-refractivity contribution in [2.45, 2.75) is 26.3 Å². The van der Waals surface area contributed by atoms with Gasteiger partial charge in [0.15, 0.2) is 5.78 Å². The lowest BCUT2D eigenvalue weighted by atomic mass is 10.1. The third-order valence-corrected chi connectivity index (χ3v) is 1.91. The molecule has 0 spiro atoms. The Morgan fingerprint density at radius 1 is 1.62 bits per heavy atom. The van der Waals surface area contributed by atoms with Crippen LogP contribution < -0.4 is 0 Å². The monoisotopic (exact) mass is 181 g/mol. The predicted octanol–water partition coefficient (Wildman–Crippen LogP) is 1.46. The van der Waals surface area contributed by atoms with Crippen molar-refractivity contribution >= 4 is 5.78 Å². The molecule has 0 bridgehead atoms. The van der Waals surface area contributed by atoms with Crippen LogP contribution in [0.25, 0.3) is 0 Å². The van der Waals surface area contributed by atoms with Crippen molar-refractivity contribution in [2.75, 3.05) is 6.61 Å². The summed E-state index contributed by atoms with van der Waals surface area (Å²) in [5, 5.41) is 8.67. The van der Waals surface area contributed by atoms with Crippen molar-refractivity contribution < 1.29 is 9.90 Å². The van der Waals surface area contributed by atoms with Crippen LogP contribution in [-0.2, 0) is 6.54 Å². The molecule has 3 nitrogen and oxygen atoms in total. The summed E-state index contributed by atoms with van der Waals surface area (Å²) in [6.07, 6.45) is 5.08. The molecule has 72 valence electrons. The van der Waals surface area contributed by atoms with Crippen molar-refractivity contribution in [3.63, 3.8) is 0 Å². The maximum atomic E-state index is 11.4. The number of aliphatic hydroxyl groups excluding tert-OH is 1. The number of rotatable bonds is 5. The maximum absolute atomic E-state index is 11.4. The Labute approximate surface area is 78.0 Å². The van der Waals surface area contributed by atoms with E-state index in [0.717, 1.165) is 12.0 Å². The van der Waals surface area contributed by atoms with Gasteiger partial charge in [0.05, 0.1) is 6.61 Å². The minimum absolute atomic E-state index is 0.107. The number of aromatic nitrogens is 1. The molecule has 0 saturated heterocycles. The smallest absolute Gasteiger partial charge is 0.164 e. The fourth-order valence-corrected chi connectivity index (χ4v) is 1.23. The first kappa shape index (κ1) is 9.99. The summed E-state index contributed by atoms with van der Waals surface area (Å²) in [6, 6.07) is 1.80. The van der Waals surface area contributed by atoms with Crippen LogP contribution in [0.2, 0.25) is 0 Å². The van der Waals surface area contributed by atoms with Gasteiger partial charge < -0.3 is 9.67 Å². The van der Waals surface area contributed by atoms with Gasteiger partial charge in [0.1, 0.15) is 0 Å². The van der Waals surface area contributed by atoms with E-state index in [0.29, 0.717) is 13.0 Å². The SMILES string of the molecule is CCCC(=O)c1ccn(CCO)c1. The van der Waals surface area contributed by atoms with E-state index in [1.807, 2.05) is 17.7 Å². The van der Waals surface area contributed by atoms with Gasteiger partial charge in [0, 0.05) is 30.9 Å². The molecular weight excluding hydrogens is 166 g/mol. The van der Waals surface area contributed by atoms with Gasteiger partial charge in [-0.2, -0.15) is 0 Å². The Morgan fingerprint density at radius 2 is 2.38 bits per heavy atom. The lowest BCUT2D eigenvalue weighted by Crippen LogP contribution is -2.00. The van der Waals surface area contributed by atoms with E-state index < -0.39 is 0 Å². The van der Waals surface area contributed by atoms with E-state index in [9.17, 15) is 4.79 Å². The minimum Gasteiger partial charge on any atom is -0.395 e. The summed E-state index contributed by atoms with van der Waals surface area (Å²) >= 11 is 0. The van der Waals surface area contributed by atoms with Crippen LogP contribution in [0.15, 0.2) is 18.5 Å². The molecule has 1 N–H and O–H groups in total. The molecule has 0 aromatic carbocycles. The fourth-order valence-electron chi connectivity index (χ4n) is 1.23. The molecule has 13 heavy (non-hydrogen) atoms. The first-order valence-electron chi connectivity index (χ1n) is 4.57. The Hall–Kier alpha value is -1.09. The van der Waals surface area contributed by atoms with E-state index in [2.05, 4.69) is 0 Å². The van der Waals surface area contributed by atoms with E-state index >= 15 is 0 Å². The lowest BCUT2D eigenvalue weighted by Gasteiger charge is -1.97. The first-order valence-corrected chi connectivity index (χ1v) is 4.57. The van der Waals surface area contributed by atoms with Crippen LogP contribution in [0.1, 0.15) is 30.1 Å². The first-order chi connectivity index (χ1) is 6.27. The Balaban J connectivity index is 2.62. The average molecular weight is 181 g/mol. The van der Waals surface area contributed by atoms with Gasteiger partial charge in [-0.25, -0.2) is 0 Å². The quantitative estimate of drug-likeness (QED) is 0.699. The number of hydrogen-bond acceptors (Lipinski definition) is 2. The molecule has 1 aromatic rings. The third-order valence-electron chi connectivity index (χ3n) is 1.91. The van der Waals surface area contributed by atoms with Crippen molar-refractivity contribution in [1.29, 1.82) is 0 Å². The second-order valence-electron chi connectivity index (χ2n) is 3.03. The maximum Gasteiger partial charge on any atom is 0.164 e. The van der Waals surface area contributed by atoms with Crippen LogP contribution >= 0.6 is 0 Å². The molecule has 0 unspecified atom stereocenters. The Kier molecular flexibility index (Phi) is 3.71. The van der Waals surface area contributed by atoms with Gasteiger partial charge in [-0.15, -0.1) is 0 Å². The molecule has 0 radical (unpaired) electrons. The number of hydrogen-bond donors (Lipinski definition) is 1. The zero-order chi connectivity index (χ0) is 9.68. The van der Waals surface area contributed by atoms with Gasteiger partial charge in [-0.3, -0.25) is 4.79 Å². The zero-order valence-corrected chi connectivity index (χ0v) is 7.86. The minimum atomic E-state index is 0.107. The predicted molar refractivity (Wildman–Crippen MR) is 50.8 cm³/mol. The van der Waals surface area contributed by atoms with Crippen molar-refractivity contribution in [3.05, 3.63) is 24.0 Å². The van der Waals surface area contributed by atoms with Gasteiger partial charge in [0.2, 0.25) is 0 Å². The van der Waals surface area contributed by atoms with Crippen LogP contribution in [0.5, 0.6) is 0 Å². The summed E-state index contributed by atoms with van der Waals surface area (Å²) in [4.78, 5) is 11.4. The van der Waals surface area contributed by atoms with Gasteiger partial charge >= 0.3 is 0 Å². The highest BCUT2D eigenvalue weighted by molar-refractivity contribution is 5.95. The number of carbonyl (C=O) groups excluding carboxylic acids is 1. The highest BCUT2D eigenvalue weighted by Gasteiger charge is 2.05. The van der Waals surface area contributed by atoms with Crippen LogP contribution in [-0.4, -0.2) is 22.1 Å². The second kappa shape index (κ2) is 4.82. The molecule has 1 heterocycles. The standard InChI is InChI=1S/C10H15NO2/c1-2-3-10(13)9-4-5-11(8-9)6-7-12/h4-5,8,12H,2-3,6-7H2,1H3. The zero-order valence-electron chi connectivity index (χ0n) is 7.86. The van der Waals surface area contributed by atoms with E-state index in [1.54, 1.807) is 12.3 Å². The molecule has 1 rings (SSSR count). The van der Waals surface area contributed by atoms with Crippen molar-refractivity contribution in [1.82, 2.24) is 4.57 Å². The van der Waals surface area contributed by atoms with Crippen LogP contribution in [0, 0.1) is 0 Å². The molecule has 1 aromatic heterocycles. The number of aliphatic hydroxyl groups is 1. The summed E-state index contributed by atoms with van der Waals surface area (Å²) in [6.45, 7) is 2.65. The van der Waals surface area contributed by atoms with Gasteiger partial charge in [-0.1, -0.05) is 6.92 Å². The van der Waals surface area contributed by atoms with Crippen molar-refractivity contribution in [3.8, 4) is 0 Å². The number of carbonyl (C=O) groups is 1. The molecule has 0 atom stereocenters. The van der Waals surface area contributed by atoms with E-state index in [4.69, 9.17) is 5.11 Å². The molecule has 0 amide bonds. The molecule has 0 aliphatic heterocycles. The summed E-state index contributed by atoms with van der Waals surface area (Å²) in [7, 11) is 0. The highest BCUT2D eigenvalue weighted by Crippen LogP contribution is 2.06. The largest absolute Gasteiger partial charge is 0.395 e. The topological polar surface area (TPSA) is 42.2 Å². The van der Waals surface area contributed by atoms with Crippen molar-refractivity contribution in [2.24, 2.45) is 0 Å². The van der Waals surface area contributed by atoms with E-state index in [-0.39, 0.29) is 12.4 Å². The lowest BCUT2D eigenvalue weighted by molar-refractivity contribution is 0.0981. The molecule has 0 fully saturated rings. The molecular formula is C10H15NO2. The number of Topliss-reactive ketones (excluding diaryl/α,β-unsaturated/α-hetero) is 1. The molecule has 0 aliphatic rings. The van der Waals surface area contributed by atoms with E-state index in [1.165, 1.54) is 0 Å². The van der Waals surface area contributed by atoms with Crippen LogP contribution in [0.3, 0.4) is 0 Å². The molecule has 0 saturated carbocycles. The van der Waals surface area contributed by atoms with Gasteiger partial charge in [0.25, 0.3) is 0 Å². The summed E-state index contributed by atoms with van der Waals surface area (Å²) in [5.41, 5.74) is 0.746. The molecule has 3 heteroatoms. The number of ketones is 1. The summed E-state index contributed by atoms with van der Waals surface area (Å²) < 4.78 is 1.82. The van der Waals surface area contributed by atoms with Gasteiger partial charge in [-0.05, 0) is 12.5 Å². The normalized spacial score (nSPS) is 10.3. The molecule has 0 aliphatic carbocycles. The highest BCUT2D eigenvalue weighted by atomic mass is 16.3. The summed E-state index contributed by atoms with van der Waals surface area (Å²) in [5.74, 6) is 0.180. The Bertz CT molecular complexity index is 278.